The van der Waals surface area contributed by atoms with Gasteiger partial charge in [0.15, 0.2) is 0 Å². The highest BCUT2D eigenvalue weighted by atomic mass is 35.5. The summed E-state index contributed by atoms with van der Waals surface area (Å²) in [4.78, 5) is 2.45. The van der Waals surface area contributed by atoms with Crippen LogP contribution in [0.4, 0.5) is 0 Å². The van der Waals surface area contributed by atoms with Gasteiger partial charge in [-0.15, -0.1) is 0 Å². The number of rotatable bonds is 7. The van der Waals surface area contributed by atoms with E-state index in [1.807, 2.05) is 6.07 Å². The summed E-state index contributed by atoms with van der Waals surface area (Å²) in [7, 11) is 0. The molecule has 0 heterocycles. The molecule has 1 N–H and O–H groups in total. The third-order valence-electron chi connectivity index (χ3n) is 3.86. The monoisotopic (exact) mass is 283 g/mol. The van der Waals surface area contributed by atoms with Crippen LogP contribution in [0.15, 0.2) is 18.2 Å². The molecular weight excluding hydrogens is 258 g/mol. The molecule has 2 nitrogen and oxygen atoms in total. The Hall–Kier alpha value is -0.730. The van der Waals surface area contributed by atoms with Crippen LogP contribution in [0.3, 0.4) is 0 Å². The summed E-state index contributed by atoms with van der Waals surface area (Å²) in [5.74, 6) is 0.335. The summed E-state index contributed by atoms with van der Waals surface area (Å²) in [6.45, 7) is 9.85. The predicted octanol–water partition coefficient (Wildman–Crippen LogP) is 5.01. The molecule has 1 rings (SSSR count). The Balaban J connectivity index is 2.96. The SMILES string of the molecule is CCCCN(C(C)CC)C(C)c1cc(Cl)ccc1O. The Morgan fingerprint density at radius 1 is 1.26 bits per heavy atom. The first-order chi connectivity index (χ1) is 9.01. The smallest absolute Gasteiger partial charge is 0.120 e. The number of hydrogen-bond donors (Lipinski definition) is 1. The molecule has 0 radical (unpaired) electrons. The normalized spacial score (nSPS) is 14.6. The molecule has 0 aromatic heterocycles. The van der Waals surface area contributed by atoms with Crippen molar-refractivity contribution in [1.29, 1.82) is 0 Å². The van der Waals surface area contributed by atoms with E-state index >= 15 is 0 Å². The molecule has 0 aliphatic rings. The van der Waals surface area contributed by atoms with Gasteiger partial charge in [-0.2, -0.15) is 0 Å². The summed E-state index contributed by atoms with van der Waals surface area (Å²) in [5, 5.41) is 10.7. The maximum absolute atomic E-state index is 10.0. The second-order valence-corrected chi connectivity index (χ2v) is 5.66. The molecule has 1 aromatic rings. The molecule has 0 saturated carbocycles. The van der Waals surface area contributed by atoms with Crippen LogP contribution in [0.1, 0.15) is 58.6 Å². The summed E-state index contributed by atoms with van der Waals surface area (Å²) < 4.78 is 0. The molecule has 19 heavy (non-hydrogen) atoms. The lowest BCUT2D eigenvalue weighted by molar-refractivity contribution is 0.145. The van der Waals surface area contributed by atoms with Crippen molar-refractivity contribution in [3.8, 4) is 5.75 Å². The first kappa shape index (κ1) is 16.3. The van der Waals surface area contributed by atoms with Crippen molar-refractivity contribution in [3.63, 3.8) is 0 Å². The first-order valence-corrected chi connectivity index (χ1v) is 7.63. The lowest BCUT2D eigenvalue weighted by Gasteiger charge is -2.34. The average Bonchev–Trinajstić information content (AvgIpc) is 2.41. The van der Waals surface area contributed by atoms with Gasteiger partial charge in [0, 0.05) is 22.7 Å². The molecule has 0 saturated heterocycles. The number of aromatic hydroxyl groups is 1. The van der Waals surface area contributed by atoms with E-state index in [1.165, 1.54) is 12.8 Å². The van der Waals surface area contributed by atoms with Gasteiger partial charge in [-0.05, 0) is 51.4 Å². The second-order valence-electron chi connectivity index (χ2n) is 5.23. The van der Waals surface area contributed by atoms with Gasteiger partial charge in [0.05, 0.1) is 0 Å². The zero-order valence-corrected chi connectivity index (χ0v) is 13.2. The Bertz CT molecular complexity index is 394. The zero-order valence-electron chi connectivity index (χ0n) is 12.5. The predicted molar refractivity (Wildman–Crippen MR) is 82.9 cm³/mol. The largest absolute Gasteiger partial charge is 0.508 e. The first-order valence-electron chi connectivity index (χ1n) is 7.25. The van der Waals surface area contributed by atoms with Crippen LogP contribution >= 0.6 is 11.6 Å². The maximum atomic E-state index is 10.0. The van der Waals surface area contributed by atoms with Gasteiger partial charge in [-0.3, -0.25) is 4.90 Å². The standard InChI is InChI=1S/C16H26ClNO/c1-5-7-10-18(12(3)6-2)13(4)15-11-14(17)8-9-16(15)19/h8-9,11-13,19H,5-7,10H2,1-4H3. The Morgan fingerprint density at radius 2 is 1.95 bits per heavy atom. The van der Waals surface area contributed by atoms with Crippen molar-refractivity contribution in [2.75, 3.05) is 6.54 Å². The third-order valence-corrected chi connectivity index (χ3v) is 4.10. The van der Waals surface area contributed by atoms with Gasteiger partial charge in [0.2, 0.25) is 0 Å². The van der Waals surface area contributed by atoms with Gasteiger partial charge in [-0.25, -0.2) is 0 Å². The van der Waals surface area contributed by atoms with Gasteiger partial charge >= 0.3 is 0 Å². The van der Waals surface area contributed by atoms with E-state index in [2.05, 4.69) is 32.6 Å². The molecule has 1 aromatic carbocycles. The van der Waals surface area contributed by atoms with E-state index in [9.17, 15) is 5.11 Å². The van der Waals surface area contributed by atoms with E-state index < -0.39 is 0 Å². The molecule has 0 amide bonds. The second kappa shape index (κ2) is 7.76. The van der Waals surface area contributed by atoms with Crippen molar-refractivity contribution in [3.05, 3.63) is 28.8 Å². The van der Waals surface area contributed by atoms with Crippen LogP contribution in [0.25, 0.3) is 0 Å². The minimum Gasteiger partial charge on any atom is -0.508 e. The highest BCUT2D eigenvalue weighted by Crippen LogP contribution is 2.32. The minimum atomic E-state index is 0.181. The number of nitrogens with zero attached hydrogens (tertiary/aromatic N) is 1. The molecule has 0 aliphatic carbocycles. The molecule has 0 fully saturated rings. The number of benzene rings is 1. The number of unbranched alkanes of at least 4 members (excludes halogenated alkanes) is 1. The van der Waals surface area contributed by atoms with Crippen LogP contribution in [-0.2, 0) is 0 Å². The fourth-order valence-electron chi connectivity index (χ4n) is 2.41. The highest BCUT2D eigenvalue weighted by Gasteiger charge is 2.22. The van der Waals surface area contributed by atoms with Crippen LogP contribution in [0, 0.1) is 0 Å². The van der Waals surface area contributed by atoms with E-state index in [0.717, 1.165) is 18.5 Å². The zero-order chi connectivity index (χ0) is 14.4. The number of phenols is 1. The van der Waals surface area contributed by atoms with Crippen LogP contribution in [-0.4, -0.2) is 22.6 Å². The van der Waals surface area contributed by atoms with Gasteiger partial charge in [0.25, 0.3) is 0 Å². The average molecular weight is 284 g/mol. The third kappa shape index (κ3) is 4.39. The Labute approximate surface area is 122 Å². The molecule has 2 unspecified atom stereocenters. The van der Waals surface area contributed by atoms with E-state index in [1.54, 1.807) is 12.1 Å². The van der Waals surface area contributed by atoms with E-state index in [0.29, 0.717) is 16.8 Å². The molecule has 3 heteroatoms. The number of halogens is 1. The Kier molecular flexibility index (Phi) is 6.67. The molecule has 0 spiro atoms. The van der Waals surface area contributed by atoms with Crippen molar-refractivity contribution in [1.82, 2.24) is 4.90 Å². The van der Waals surface area contributed by atoms with Crippen molar-refractivity contribution < 1.29 is 5.11 Å². The number of phenolic OH excluding ortho intramolecular Hbond substituents is 1. The van der Waals surface area contributed by atoms with E-state index in [4.69, 9.17) is 11.6 Å². The lowest BCUT2D eigenvalue weighted by atomic mass is 10.0. The maximum Gasteiger partial charge on any atom is 0.120 e. The van der Waals surface area contributed by atoms with Gasteiger partial charge in [0.1, 0.15) is 5.75 Å². The molecule has 0 bridgehead atoms. The number of hydrogen-bond acceptors (Lipinski definition) is 2. The van der Waals surface area contributed by atoms with E-state index in [-0.39, 0.29) is 6.04 Å². The van der Waals surface area contributed by atoms with Crippen molar-refractivity contribution >= 4 is 11.6 Å². The Morgan fingerprint density at radius 3 is 2.53 bits per heavy atom. The molecule has 0 aliphatic heterocycles. The fourth-order valence-corrected chi connectivity index (χ4v) is 2.59. The topological polar surface area (TPSA) is 23.5 Å². The molecular formula is C16H26ClNO. The summed E-state index contributed by atoms with van der Waals surface area (Å²) in [6.07, 6.45) is 3.46. The summed E-state index contributed by atoms with van der Waals surface area (Å²) in [6, 6.07) is 5.97. The van der Waals surface area contributed by atoms with Crippen LogP contribution in [0.5, 0.6) is 5.75 Å². The molecule has 108 valence electrons. The van der Waals surface area contributed by atoms with Crippen molar-refractivity contribution in [2.24, 2.45) is 0 Å². The summed E-state index contributed by atoms with van der Waals surface area (Å²) >= 11 is 6.05. The highest BCUT2D eigenvalue weighted by molar-refractivity contribution is 6.30. The van der Waals surface area contributed by atoms with Gasteiger partial charge in [-0.1, -0.05) is 31.9 Å². The van der Waals surface area contributed by atoms with Crippen molar-refractivity contribution in [2.45, 2.75) is 59.0 Å². The molecule has 2 atom stereocenters. The quantitative estimate of drug-likeness (QED) is 0.760. The fraction of sp³-hybridized carbons (Fsp3) is 0.625. The minimum absolute atomic E-state index is 0.181. The van der Waals surface area contributed by atoms with Crippen LogP contribution in [0.2, 0.25) is 5.02 Å². The lowest BCUT2D eigenvalue weighted by Crippen LogP contribution is -2.35. The van der Waals surface area contributed by atoms with Crippen LogP contribution < -0.4 is 0 Å². The van der Waals surface area contributed by atoms with Gasteiger partial charge < -0.3 is 5.11 Å². The summed E-state index contributed by atoms with van der Waals surface area (Å²) in [5.41, 5.74) is 0.920.